The number of nitrogens with one attached hydrogen (secondary N) is 1. The topological polar surface area (TPSA) is 61.9 Å². The minimum absolute atomic E-state index is 0.0177. The highest BCUT2D eigenvalue weighted by atomic mass is 16.7. The lowest BCUT2D eigenvalue weighted by atomic mass is 9.78. The highest BCUT2D eigenvalue weighted by molar-refractivity contribution is 5.89. The quantitative estimate of drug-likeness (QED) is 0.842. The van der Waals surface area contributed by atoms with Crippen molar-refractivity contribution in [3.63, 3.8) is 0 Å². The fourth-order valence-corrected chi connectivity index (χ4v) is 3.68. The predicted octanol–water partition coefficient (Wildman–Crippen LogP) is 1.68. The Morgan fingerprint density at radius 2 is 1.88 bits per heavy atom. The fraction of sp³-hybridized carbons (Fsp3) is 0.579. The molecule has 1 spiro atoms. The second-order valence-electron chi connectivity index (χ2n) is 7.22. The third kappa shape index (κ3) is 4.02. The smallest absolute Gasteiger partial charge is 0.357 e. The van der Waals surface area contributed by atoms with Gasteiger partial charge < -0.3 is 15.1 Å². The summed E-state index contributed by atoms with van der Waals surface area (Å²) < 4.78 is 0. The van der Waals surface area contributed by atoms with Gasteiger partial charge in [0, 0.05) is 26.7 Å². The van der Waals surface area contributed by atoms with Crippen LogP contribution in [0.4, 0.5) is 0 Å². The van der Waals surface area contributed by atoms with Gasteiger partial charge in [0.15, 0.2) is 0 Å². The summed E-state index contributed by atoms with van der Waals surface area (Å²) in [6.45, 7) is 5.50. The number of amides is 1. The van der Waals surface area contributed by atoms with Crippen LogP contribution in [0.2, 0.25) is 0 Å². The number of rotatable bonds is 4. The van der Waals surface area contributed by atoms with Crippen LogP contribution in [0.3, 0.4) is 0 Å². The zero-order valence-corrected chi connectivity index (χ0v) is 15.0. The highest BCUT2D eigenvalue weighted by Crippen LogP contribution is 2.37. The van der Waals surface area contributed by atoms with Crippen molar-refractivity contribution in [1.29, 1.82) is 0 Å². The highest BCUT2D eigenvalue weighted by Gasteiger charge is 2.39. The molecule has 3 rings (SSSR count). The van der Waals surface area contributed by atoms with E-state index in [-0.39, 0.29) is 5.91 Å². The van der Waals surface area contributed by atoms with E-state index in [1.54, 1.807) is 38.2 Å². The molecule has 0 saturated carbocycles. The third-order valence-corrected chi connectivity index (χ3v) is 5.61. The van der Waals surface area contributed by atoms with E-state index in [2.05, 4.69) is 5.32 Å². The molecular weight excluding hydrogens is 318 g/mol. The van der Waals surface area contributed by atoms with Gasteiger partial charge in [-0.1, -0.05) is 18.2 Å². The third-order valence-electron chi connectivity index (χ3n) is 5.61. The van der Waals surface area contributed by atoms with Crippen molar-refractivity contribution < 1.29 is 14.4 Å². The second-order valence-corrected chi connectivity index (χ2v) is 7.22. The maximum atomic E-state index is 12.7. The normalized spacial score (nSPS) is 20.7. The van der Waals surface area contributed by atoms with Crippen LogP contribution >= 0.6 is 0 Å². The molecule has 2 saturated heterocycles. The number of piperidine rings is 1. The predicted molar refractivity (Wildman–Crippen MR) is 94.8 cm³/mol. The van der Waals surface area contributed by atoms with Gasteiger partial charge in [-0.25, -0.2) is 4.79 Å². The van der Waals surface area contributed by atoms with Crippen molar-refractivity contribution in [3.8, 4) is 0 Å². The number of hydrogen-bond donors (Lipinski definition) is 1. The molecule has 1 N–H and O–H groups in total. The Bertz CT molecular complexity index is 604. The van der Waals surface area contributed by atoms with Crippen molar-refractivity contribution in [2.45, 2.75) is 32.2 Å². The molecule has 136 valence electrons. The summed E-state index contributed by atoms with van der Waals surface area (Å²) in [5.74, 6) is -0.429. The maximum absolute atomic E-state index is 12.7. The first-order chi connectivity index (χ1) is 12.0. The molecule has 0 bridgehead atoms. The summed E-state index contributed by atoms with van der Waals surface area (Å²) in [6, 6.07) is 8.31. The van der Waals surface area contributed by atoms with Gasteiger partial charge in [-0.2, -0.15) is 0 Å². The minimum Gasteiger partial charge on any atom is -0.363 e. The lowest BCUT2D eigenvalue weighted by molar-refractivity contribution is -0.158. The number of likely N-dealkylation sites (tertiary alicyclic amines) is 1. The molecule has 2 fully saturated rings. The van der Waals surface area contributed by atoms with E-state index >= 15 is 0 Å². The van der Waals surface area contributed by atoms with Gasteiger partial charge in [-0.05, 0) is 50.3 Å². The fourth-order valence-electron chi connectivity index (χ4n) is 3.68. The van der Waals surface area contributed by atoms with E-state index < -0.39 is 12.0 Å². The summed E-state index contributed by atoms with van der Waals surface area (Å²) in [7, 11) is 1.63. The van der Waals surface area contributed by atoms with E-state index in [1.165, 1.54) is 11.5 Å². The zero-order chi connectivity index (χ0) is 17.9. The van der Waals surface area contributed by atoms with Crippen molar-refractivity contribution in [3.05, 3.63) is 35.9 Å². The largest absolute Gasteiger partial charge is 0.363 e. The van der Waals surface area contributed by atoms with Gasteiger partial charge in [0.25, 0.3) is 0 Å². The van der Waals surface area contributed by atoms with Crippen molar-refractivity contribution in [2.75, 3.05) is 33.2 Å². The number of benzene rings is 1. The van der Waals surface area contributed by atoms with Gasteiger partial charge in [0.1, 0.15) is 6.04 Å². The molecule has 0 unspecified atom stereocenters. The molecule has 2 heterocycles. The SMILES string of the molecule is C[C@H](C(=O)N1CCC2(CCNC2)CC1)N(C)OC(=O)c1ccccc1. The molecule has 6 nitrogen and oxygen atoms in total. The van der Waals surface area contributed by atoms with E-state index in [4.69, 9.17) is 4.84 Å². The molecule has 0 aliphatic carbocycles. The Labute approximate surface area is 149 Å². The molecule has 0 radical (unpaired) electrons. The monoisotopic (exact) mass is 345 g/mol. The minimum atomic E-state index is -0.497. The number of carbonyl (C=O) groups excluding carboxylic acids is 2. The average molecular weight is 345 g/mol. The van der Waals surface area contributed by atoms with Crippen LogP contribution in [0, 0.1) is 5.41 Å². The molecule has 2 aliphatic rings. The molecule has 1 aromatic carbocycles. The van der Waals surface area contributed by atoms with Crippen LogP contribution in [0.1, 0.15) is 36.5 Å². The number of carbonyl (C=O) groups is 2. The summed E-state index contributed by atoms with van der Waals surface area (Å²) >= 11 is 0. The molecule has 1 atom stereocenters. The van der Waals surface area contributed by atoms with Gasteiger partial charge in [-0.15, -0.1) is 5.06 Å². The van der Waals surface area contributed by atoms with E-state index in [0.717, 1.165) is 39.0 Å². The Kier molecular flexibility index (Phi) is 5.39. The Morgan fingerprint density at radius 1 is 1.20 bits per heavy atom. The van der Waals surface area contributed by atoms with Crippen LogP contribution in [-0.4, -0.2) is 61.1 Å². The number of nitrogens with zero attached hydrogens (tertiary/aromatic N) is 2. The first-order valence-electron chi connectivity index (χ1n) is 9.00. The average Bonchev–Trinajstić information content (AvgIpc) is 3.09. The first-order valence-corrected chi connectivity index (χ1v) is 9.00. The van der Waals surface area contributed by atoms with Crippen molar-refractivity contribution in [1.82, 2.24) is 15.3 Å². The Hall–Kier alpha value is -1.92. The molecule has 2 aliphatic heterocycles. The van der Waals surface area contributed by atoms with Gasteiger partial charge in [0.05, 0.1) is 5.56 Å². The summed E-state index contributed by atoms with van der Waals surface area (Å²) in [4.78, 5) is 32.1. The Morgan fingerprint density at radius 3 is 2.48 bits per heavy atom. The standard InChI is InChI=1S/C19H27N3O3/c1-15(21(2)25-18(24)16-6-4-3-5-7-16)17(23)22-12-9-19(10-13-22)8-11-20-14-19/h3-7,15,20H,8-14H2,1-2H3/t15-/m1/s1. The molecule has 25 heavy (non-hydrogen) atoms. The van der Waals surface area contributed by atoms with Crippen LogP contribution < -0.4 is 5.32 Å². The van der Waals surface area contributed by atoms with Gasteiger partial charge in [0.2, 0.25) is 5.91 Å². The molecule has 1 amide bonds. The van der Waals surface area contributed by atoms with Crippen molar-refractivity contribution >= 4 is 11.9 Å². The molecule has 0 aromatic heterocycles. The van der Waals surface area contributed by atoms with Crippen LogP contribution in [0.5, 0.6) is 0 Å². The van der Waals surface area contributed by atoms with E-state index in [1.807, 2.05) is 11.0 Å². The van der Waals surface area contributed by atoms with Crippen LogP contribution in [0.25, 0.3) is 0 Å². The van der Waals surface area contributed by atoms with Gasteiger partial charge in [-0.3, -0.25) is 4.79 Å². The maximum Gasteiger partial charge on any atom is 0.357 e. The summed E-state index contributed by atoms with van der Waals surface area (Å²) in [5, 5.41) is 4.80. The van der Waals surface area contributed by atoms with Gasteiger partial charge >= 0.3 is 5.97 Å². The Balaban J connectivity index is 1.52. The zero-order valence-electron chi connectivity index (χ0n) is 15.0. The van der Waals surface area contributed by atoms with Crippen LogP contribution in [-0.2, 0) is 9.63 Å². The molecule has 1 aromatic rings. The first kappa shape index (κ1) is 17.9. The van der Waals surface area contributed by atoms with E-state index in [0.29, 0.717) is 11.0 Å². The van der Waals surface area contributed by atoms with Crippen LogP contribution in [0.15, 0.2) is 30.3 Å². The van der Waals surface area contributed by atoms with E-state index in [9.17, 15) is 9.59 Å². The number of hydrogen-bond acceptors (Lipinski definition) is 5. The molecule has 6 heteroatoms. The summed E-state index contributed by atoms with van der Waals surface area (Å²) in [6.07, 6.45) is 3.30. The lowest BCUT2D eigenvalue weighted by Crippen LogP contribution is -2.50. The number of likely N-dealkylation sites (N-methyl/N-ethyl adjacent to an activating group) is 1. The van der Waals surface area contributed by atoms with Crippen molar-refractivity contribution in [2.24, 2.45) is 5.41 Å². The number of hydroxylamine groups is 2. The summed E-state index contributed by atoms with van der Waals surface area (Å²) in [5.41, 5.74) is 0.855. The second kappa shape index (κ2) is 7.54. The lowest BCUT2D eigenvalue weighted by Gasteiger charge is -2.40. The molecular formula is C19H27N3O3.